The van der Waals surface area contributed by atoms with Crippen molar-refractivity contribution in [3.63, 3.8) is 0 Å². The summed E-state index contributed by atoms with van der Waals surface area (Å²) in [6, 6.07) is 7.23. The molecule has 0 saturated heterocycles. The number of benzene rings is 1. The Morgan fingerprint density at radius 2 is 1.90 bits per heavy atom. The third-order valence-electron chi connectivity index (χ3n) is 2.92. The van der Waals surface area contributed by atoms with Crippen molar-refractivity contribution in [3.8, 4) is 0 Å². The van der Waals surface area contributed by atoms with Crippen molar-refractivity contribution in [3.05, 3.63) is 46.7 Å². The predicted molar refractivity (Wildman–Crippen MR) is 85.6 cm³/mol. The molecule has 0 aliphatic carbocycles. The first-order valence-corrected chi connectivity index (χ1v) is 6.94. The molecule has 0 spiro atoms. The summed E-state index contributed by atoms with van der Waals surface area (Å²) >= 11 is 4.89. The number of esters is 1. The van der Waals surface area contributed by atoms with Gasteiger partial charge in [0.2, 0.25) is 0 Å². The molecule has 1 aromatic rings. The zero-order valence-electron chi connectivity index (χ0n) is 12.0. The van der Waals surface area contributed by atoms with E-state index in [0.29, 0.717) is 24.3 Å². The van der Waals surface area contributed by atoms with Gasteiger partial charge in [-0.15, -0.1) is 0 Å². The summed E-state index contributed by atoms with van der Waals surface area (Å²) in [5, 5.41) is 2.69. The van der Waals surface area contributed by atoms with Crippen LogP contribution in [0.4, 0.5) is 0 Å². The van der Waals surface area contributed by atoms with Crippen LogP contribution in [0, 0.1) is 0 Å². The van der Waals surface area contributed by atoms with Crippen LogP contribution in [0.15, 0.2) is 35.5 Å². The second-order valence-electron chi connectivity index (χ2n) is 4.25. The molecule has 1 rings (SSSR count). The Morgan fingerprint density at radius 1 is 1.30 bits per heavy atom. The van der Waals surface area contributed by atoms with Crippen LogP contribution in [-0.4, -0.2) is 17.6 Å². The largest absolute Gasteiger partial charge is 0.462 e. The third-order valence-corrected chi connectivity index (χ3v) is 3.23. The standard InChI is InChI=1S/C16H19NO2S/c1-4-14(17)15(11(3)10-20)12-8-6-7-9-13(12)16(18)19-5-2/h6-9H,4-5,17H2,1-3H3. The Morgan fingerprint density at radius 3 is 2.40 bits per heavy atom. The molecular weight excluding hydrogens is 270 g/mol. The van der Waals surface area contributed by atoms with Gasteiger partial charge in [0, 0.05) is 16.8 Å². The number of nitrogens with two attached hydrogens (primary N) is 1. The summed E-state index contributed by atoms with van der Waals surface area (Å²) < 4.78 is 5.09. The second-order valence-corrected chi connectivity index (χ2v) is 4.45. The van der Waals surface area contributed by atoms with Crippen molar-refractivity contribution in [2.75, 3.05) is 6.61 Å². The first kappa shape index (κ1) is 16.2. The first-order valence-electron chi connectivity index (χ1n) is 6.53. The van der Waals surface area contributed by atoms with Gasteiger partial charge in [0.15, 0.2) is 0 Å². The lowest BCUT2D eigenvalue weighted by Crippen LogP contribution is -2.10. The van der Waals surface area contributed by atoms with Crippen LogP contribution in [0.25, 0.3) is 5.57 Å². The van der Waals surface area contributed by atoms with E-state index < -0.39 is 0 Å². The van der Waals surface area contributed by atoms with Crippen LogP contribution < -0.4 is 5.73 Å². The number of hydrogen-bond acceptors (Lipinski definition) is 4. The summed E-state index contributed by atoms with van der Waals surface area (Å²) in [5.74, 6) is -0.360. The van der Waals surface area contributed by atoms with Crippen molar-refractivity contribution in [1.29, 1.82) is 0 Å². The normalized spacial score (nSPS) is 11.3. The van der Waals surface area contributed by atoms with E-state index in [9.17, 15) is 4.79 Å². The van der Waals surface area contributed by atoms with Crippen molar-refractivity contribution in [2.24, 2.45) is 5.73 Å². The van der Waals surface area contributed by atoms with E-state index in [4.69, 9.17) is 22.7 Å². The molecule has 0 atom stereocenters. The lowest BCUT2D eigenvalue weighted by Gasteiger charge is -2.14. The Balaban J connectivity index is 3.51. The summed E-state index contributed by atoms with van der Waals surface area (Å²) in [7, 11) is 0. The van der Waals surface area contributed by atoms with Gasteiger partial charge < -0.3 is 10.5 Å². The average molecular weight is 289 g/mol. The number of allylic oxidation sites excluding steroid dienone is 3. The number of carbonyl (C=O) groups is 1. The molecule has 0 aliphatic heterocycles. The van der Waals surface area contributed by atoms with Crippen LogP contribution in [0.5, 0.6) is 0 Å². The zero-order chi connectivity index (χ0) is 15.1. The highest BCUT2D eigenvalue weighted by Gasteiger charge is 2.17. The van der Waals surface area contributed by atoms with Crippen LogP contribution >= 0.6 is 12.2 Å². The molecule has 2 N–H and O–H groups in total. The quantitative estimate of drug-likeness (QED) is 0.512. The number of ether oxygens (including phenoxy) is 1. The van der Waals surface area contributed by atoms with Crippen LogP contribution in [0.1, 0.15) is 43.1 Å². The van der Waals surface area contributed by atoms with E-state index >= 15 is 0 Å². The lowest BCUT2D eigenvalue weighted by atomic mass is 9.93. The minimum Gasteiger partial charge on any atom is -0.462 e. The van der Waals surface area contributed by atoms with Gasteiger partial charge in [-0.3, -0.25) is 0 Å². The molecule has 0 aliphatic rings. The summed E-state index contributed by atoms with van der Waals surface area (Å²) in [4.78, 5) is 12.1. The Kier molecular flexibility index (Phi) is 6.16. The van der Waals surface area contributed by atoms with Crippen molar-refractivity contribution < 1.29 is 9.53 Å². The van der Waals surface area contributed by atoms with E-state index in [1.54, 1.807) is 19.1 Å². The number of rotatable bonds is 5. The number of carbonyl (C=O) groups excluding carboxylic acids is 1. The fraction of sp³-hybridized carbons (Fsp3) is 0.312. The molecule has 0 heterocycles. The maximum atomic E-state index is 12.1. The topological polar surface area (TPSA) is 52.3 Å². The molecule has 1 aromatic carbocycles. The molecule has 3 nitrogen and oxygen atoms in total. The maximum Gasteiger partial charge on any atom is 0.338 e. The molecule has 0 bridgehead atoms. The van der Waals surface area contributed by atoms with Gasteiger partial charge in [0.05, 0.1) is 12.2 Å². The van der Waals surface area contributed by atoms with Gasteiger partial charge in [0.1, 0.15) is 0 Å². The molecule has 20 heavy (non-hydrogen) atoms. The molecule has 0 amide bonds. The lowest BCUT2D eigenvalue weighted by molar-refractivity contribution is 0.0526. The summed E-state index contributed by atoms with van der Waals surface area (Å²) in [6.07, 6.45) is 0.668. The summed E-state index contributed by atoms with van der Waals surface area (Å²) in [5.41, 5.74) is 9.51. The van der Waals surface area contributed by atoms with Crippen LogP contribution in [0.3, 0.4) is 0 Å². The molecule has 106 valence electrons. The van der Waals surface area contributed by atoms with Gasteiger partial charge in [-0.2, -0.15) is 0 Å². The monoisotopic (exact) mass is 289 g/mol. The Labute approximate surface area is 125 Å². The van der Waals surface area contributed by atoms with E-state index in [-0.39, 0.29) is 5.97 Å². The molecule has 0 aromatic heterocycles. The minimum atomic E-state index is -0.360. The third kappa shape index (κ3) is 3.56. The van der Waals surface area contributed by atoms with Crippen LogP contribution in [-0.2, 0) is 4.74 Å². The molecular formula is C16H19NO2S. The SMILES string of the molecule is CCOC(=O)c1ccccc1C(C(C)=C=S)=C(N)CC. The van der Waals surface area contributed by atoms with Gasteiger partial charge >= 0.3 is 5.97 Å². The van der Waals surface area contributed by atoms with Crippen molar-refractivity contribution >= 4 is 28.8 Å². The molecule has 4 heteroatoms. The smallest absolute Gasteiger partial charge is 0.338 e. The molecule has 0 fully saturated rings. The Bertz CT molecular complexity index is 584. The maximum absolute atomic E-state index is 12.1. The second kappa shape index (κ2) is 7.63. The predicted octanol–water partition coefficient (Wildman–Crippen LogP) is 3.49. The van der Waals surface area contributed by atoms with Gasteiger partial charge in [0.25, 0.3) is 0 Å². The fourth-order valence-electron chi connectivity index (χ4n) is 1.93. The van der Waals surface area contributed by atoms with Gasteiger partial charge in [-0.05, 0) is 49.1 Å². The molecule has 0 radical (unpaired) electrons. The highest BCUT2D eigenvalue weighted by Crippen LogP contribution is 2.28. The minimum absolute atomic E-state index is 0.331. The highest BCUT2D eigenvalue weighted by molar-refractivity contribution is 7.78. The molecule has 0 unspecified atom stereocenters. The van der Waals surface area contributed by atoms with Crippen molar-refractivity contribution in [2.45, 2.75) is 27.2 Å². The van der Waals surface area contributed by atoms with Crippen molar-refractivity contribution in [1.82, 2.24) is 0 Å². The average Bonchev–Trinajstić information content (AvgIpc) is 2.47. The molecule has 0 saturated carbocycles. The fourth-order valence-corrected chi connectivity index (χ4v) is 2.03. The van der Waals surface area contributed by atoms with Gasteiger partial charge in [-0.1, -0.05) is 25.1 Å². The number of hydrogen-bond donors (Lipinski definition) is 1. The zero-order valence-corrected chi connectivity index (χ0v) is 12.8. The van der Waals surface area contributed by atoms with Gasteiger partial charge in [-0.25, -0.2) is 4.79 Å². The number of thiocarbonyl (C=S) groups is 1. The highest BCUT2D eigenvalue weighted by atomic mass is 32.1. The summed E-state index contributed by atoms with van der Waals surface area (Å²) in [6.45, 7) is 5.91. The first-order chi connectivity index (χ1) is 9.56. The van der Waals surface area contributed by atoms with Crippen LogP contribution in [0.2, 0.25) is 0 Å². The van der Waals surface area contributed by atoms with E-state index in [1.165, 1.54) is 0 Å². The Hall–Kier alpha value is -1.90. The van der Waals surface area contributed by atoms with E-state index in [1.807, 2.05) is 26.0 Å². The van der Waals surface area contributed by atoms with E-state index in [2.05, 4.69) is 5.02 Å². The van der Waals surface area contributed by atoms with E-state index in [0.717, 1.165) is 16.7 Å².